The molecule has 13 rings (SSSR count). The Morgan fingerprint density at radius 1 is 0.890 bits per heavy atom. The number of sulfonamides is 1. The summed E-state index contributed by atoms with van der Waals surface area (Å²) in [4.78, 5) is 44.0. The molecule has 5 fully saturated rings. The predicted octanol–water partition coefficient (Wildman–Crippen LogP) is 9.97. The van der Waals surface area contributed by atoms with Crippen molar-refractivity contribution in [2.24, 2.45) is 17.3 Å². The van der Waals surface area contributed by atoms with Crippen molar-refractivity contribution >= 4 is 55.4 Å². The predicted molar refractivity (Wildman–Crippen MR) is 306 cm³/mol. The number of anilines is 4. The number of halogens is 2. The highest BCUT2D eigenvalue weighted by Gasteiger charge is 2.51. The van der Waals surface area contributed by atoms with Crippen LogP contribution in [0.2, 0.25) is 0 Å². The lowest BCUT2D eigenvalue weighted by Gasteiger charge is -2.59. The van der Waals surface area contributed by atoms with E-state index < -0.39 is 49.2 Å². The third-order valence-corrected chi connectivity index (χ3v) is 20.1. The molecule has 1 amide bonds. The summed E-state index contributed by atoms with van der Waals surface area (Å²) in [5.74, 6) is -1.90. The number of amides is 1. The van der Waals surface area contributed by atoms with Crippen LogP contribution in [0.25, 0.3) is 11.0 Å². The van der Waals surface area contributed by atoms with Crippen LogP contribution >= 0.6 is 0 Å². The number of H-pyrrole nitrogens is 1. The normalized spacial score (nSPS) is 23.7. The molecular formula is C61H69F2N9O9S. The number of nitrogens with zero attached hydrogens (tertiary/aromatic N) is 6. The number of ether oxygens (including phenoxy) is 4. The molecule has 0 bridgehead atoms. The lowest BCUT2D eigenvalue weighted by atomic mass is 9.59. The number of aromatic amines is 1. The van der Waals surface area contributed by atoms with Crippen molar-refractivity contribution in [1.29, 1.82) is 0 Å². The summed E-state index contributed by atoms with van der Waals surface area (Å²) < 4.78 is 84.1. The first-order valence-electron chi connectivity index (χ1n) is 28.9. The third kappa shape index (κ3) is 10.1. The van der Waals surface area contributed by atoms with Crippen molar-refractivity contribution in [3.05, 3.63) is 135 Å². The molecule has 6 aromatic rings. The van der Waals surface area contributed by atoms with Gasteiger partial charge in [-0.05, 0) is 128 Å². The number of piperidine rings is 1. The first-order chi connectivity index (χ1) is 39.6. The monoisotopic (exact) mass is 1140 g/mol. The maximum absolute atomic E-state index is 14.9. The van der Waals surface area contributed by atoms with E-state index in [9.17, 15) is 32.1 Å². The number of fused-ring (bicyclic) bond motifs is 4. The topological polar surface area (TPSA) is 197 Å². The van der Waals surface area contributed by atoms with Gasteiger partial charge in [-0.15, -0.1) is 0 Å². The molecular weight excluding hydrogens is 1070 g/mol. The summed E-state index contributed by atoms with van der Waals surface area (Å²) in [6.07, 6.45) is 7.42. The van der Waals surface area contributed by atoms with Gasteiger partial charge in [-0.3, -0.25) is 24.7 Å². The quantitative estimate of drug-likeness (QED) is 0.0773. The number of rotatable bonds is 12. The summed E-state index contributed by atoms with van der Waals surface area (Å²) in [6, 6.07) is 24.4. The van der Waals surface area contributed by atoms with Crippen LogP contribution < -0.4 is 29.3 Å². The highest BCUT2D eigenvalue weighted by molar-refractivity contribution is 7.90. The summed E-state index contributed by atoms with van der Waals surface area (Å²) in [5.41, 5.74) is 5.72. The molecule has 8 heterocycles. The SMILES string of the molecule is Cc1ccccc1[C@@H]1CN(C(c2ccc(F)c(F)c2)C(C)C)CCN1C1CC2(CCN(c3ccc(C(=O)NS(=O)(=O)c4cc5c(c([N+](=O)[O-])c4)N[C@H](C4CCOCC4)CO5)c(N4c5cc6cc[nH]c6nc5O[C@H]5COCC[C@@H]54)c3)CC2)C1. The number of hydrogen-bond acceptors (Lipinski definition) is 15. The van der Waals surface area contributed by atoms with Gasteiger partial charge in [0.05, 0.1) is 39.8 Å². The van der Waals surface area contributed by atoms with Gasteiger partial charge in [0.15, 0.2) is 23.1 Å². The molecule has 82 heavy (non-hydrogen) atoms. The van der Waals surface area contributed by atoms with Crippen molar-refractivity contribution < 1.29 is 45.9 Å². The fourth-order valence-electron chi connectivity index (χ4n) is 14.5. The maximum Gasteiger partial charge on any atom is 0.297 e. The fourth-order valence-corrected chi connectivity index (χ4v) is 15.5. The number of nitro groups is 1. The number of aryl methyl sites for hydroxylation is 1. The average Bonchev–Trinajstić information content (AvgIpc) is 4.10. The van der Waals surface area contributed by atoms with Crippen LogP contribution in [-0.2, 0) is 19.5 Å². The Kier molecular flexibility index (Phi) is 14.4. The van der Waals surface area contributed by atoms with Crippen molar-refractivity contribution in [3.63, 3.8) is 0 Å². The molecule has 5 atom stereocenters. The lowest BCUT2D eigenvalue weighted by molar-refractivity contribution is -0.384. The lowest BCUT2D eigenvalue weighted by Crippen LogP contribution is -2.60. The van der Waals surface area contributed by atoms with E-state index >= 15 is 0 Å². The minimum atomic E-state index is -4.73. The Morgan fingerprint density at radius 3 is 2.45 bits per heavy atom. The van der Waals surface area contributed by atoms with Crippen molar-refractivity contribution in [1.82, 2.24) is 24.5 Å². The minimum absolute atomic E-state index is 0.0129. The molecule has 432 valence electrons. The Bertz CT molecular complexity index is 3550. The molecule has 2 aromatic heterocycles. The van der Waals surface area contributed by atoms with E-state index in [-0.39, 0.29) is 71.6 Å². The van der Waals surface area contributed by atoms with E-state index in [4.69, 9.17) is 23.9 Å². The molecule has 4 saturated heterocycles. The average molecular weight is 1140 g/mol. The molecule has 18 nitrogen and oxygen atoms in total. The van der Waals surface area contributed by atoms with Crippen LogP contribution in [0.15, 0.2) is 96.0 Å². The molecule has 4 aromatic carbocycles. The van der Waals surface area contributed by atoms with Crippen LogP contribution in [-0.4, -0.2) is 129 Å². The number of benzene rings is 4. The standard InChI is InChI=1S/C61H69F2N9O9S/c1-36(2)57(39-8-11-46(62)47(63)26-39)69-21-22-70(53(33-69)44-7-5-4-6-37(44)3)42-31-61(32-42)16-19-68(20-17-61)41-9-10-45(50(28-41)71-49-15-25-79-35-55(49)81-60-52(71)27-40-12-18-64-58(40)66-60)59(73)67-82(76,77)43-29-51(72(74)75)56-54(30-43)80-34-48(65-56)38-13-23-78-24-14-38/h4-12,18,26-30,36,38,42,48-49,53,55,57,65H,13-17,19-25,31-35H2,1-3H3,(H,64,66)(H,67,73)/t48-,49-,53-,55-,57?/m0/s1. The Morgan fingerprint density at radius 2 is 1.68 bits per heavy atom. The number of pyridine rings is 1. The van der Waals surface area contributed by atoms with Crippen LogP contribution in [0.5, 0.6) is 11.6 Å². The van der Waals surface area contributed by atoms with Crippen LogP contribution in [0.3, 0.4) is 0 Å². The number of carbonyl (C=O) groups excluding carboxylic acids is 1. The van der Waals surface area contributed by atoms with Crippen molar-refractivity contribution in [3.8, 4) is 11.6 Å². The van der Waals surface area contributed by atoms with E-state index in [0.29, 0.717) is 55.2 Å². The van der Waals surface area contributed by atoms with E-state index in [1.807, 2.05) is 24.3 Å². The van der Waals surface area contributed by atoms with E-state index in [2.05, 4.69) is 79.7 Å². The Labute approximate surface area is 475 Å². The second-order valence-corrected chi connectivity index (χ2v) is 25.6. The smallest absolute Gasteiger partial charge is 0.297 e. The van der Waals surface area contributed by atoms with Gasteiger partial charge in [0.1, 0.15) is 24.0 Å². The highest BCUT2D eigenvalue weighted by atomic mass is 32.2. The molecule has 1 saturated carbocycles. The first-order valence-corrected chi connectivity index (χ1v) is 30.4. The van der Waals surface area contributed by atoms with E-state index in [1.54, 1.807) is 18.3 Å². The second-order valence-electron chi connectivity index (χ2n) is 23.9. The molecule has 1 unspecified atom stereocenters. The molecule has 1 aliphatic carbocycles. The van der Waals surface area contributed by atoms with Gasteiger partial charge in [0, 0.05) is 100 Å². The van der Waals surface area contributed by atoms with Gasteiger partial charge in [0.25, 0.3) is 21.6 Å². The number of hydrogen-bond donors (Lipinski definition) is 3. The second kappa shape index (κ2) is 21.7. The van der Waals surface area contributed by atoms with E-state index in [0.717, 1.165) is 94.0 Å². The highest BCUT2D eigenvalue weighted by Crippen LogP contribution is 2.54. The molecule has 1 spiro atoms. The van der Waals surface area contributed by atoms with Gasteiger partial charge < -0.3 is 39.0 Å². The van der Waals surface area contributed by atoms with Gasteiger partial charge >= 0.3 is 0 Å². The van der Waals surface area contributed by atoms with Crippen LogP contribution in [0.1, 0.15) is 97.9 Å². The summed E-state index contributed by atoms with van der Waals surface area (Å²) >= 11 is 0. The summed E-state index contributed by atoms with van der Waals surface area (Å²) in [7, 11) is -4.73. The molecule has 0 radical (unpaired) electrons. The number of nitro benzene ring substituents is 1. The van der Waals surface area contributed by atoms with Crippen LogP contribution in [0, 0.1) is 45.9 Å². The number of carbonyl (C=O) groups is 1. The zero-order valence-corrected chi connectivity index (χ0v) is 47.1. The summed E-state index contributed by atoms with van der Waals surface area (Å²) in [6.45, 7) is 12.5. The fraction of sp³-hybridized carbons (Fsp3) is 0.475. The molecule has 6 aliphatic heterocycles. The van der Waals surface area contributed by atoms with Gasteiger partial charge in [0.2, 0.25) is 5.88 Å². The molecule has 7 aliphatic rings. The van der Waals surface area contributed by atoms with Gasteiger partial charge in [-0.25, -0.2) is 21.9 Å². The third-order valence-electron chi connectivity index (χ3n) is 18.8. The zero-order chi connectivity index (χ0) is 56.6. The zero-order valence-electron chi connectivity index (χ0n) is 46.3. The Balaban J connectivity index is 0.774. The van der Waals surface area contributed by atoms with Gasteiger partial charge in [-0.2, -0.15) is 4.98 Å². The van der Waals surface area contributed by atoms with Crippen LogP contribution in [0.4, 0.5) is 37.2 Å². The molecule has 3 N–H and O–H groups in total. The molecule has 21 heteroatoms. The number of aromatic nitrogens is 2. The largest absolute Gasteiger partial charge is 0.489 e. The van der Waals surface area contributed by atoms with Gasteiger partial charge in [-0.1, -0.05) is 44.2 Å². The van der Waals surface area contributed by atoms with Crippen molar-refractivity contribution in [2.45, 2.75) is 107 Å². The Hall–Kier alpha value is -6.91. The number of nitrogens with one attached hydrogen (secondary N) is 3. The summed E-state index contributed by atoms with van der Waals surface area (Å²) in [5, 5.41) is 16.7. The first kappa shape index (κ1) is 54.3. The maximum atomic E-state index is 14.9. The van der Waals surface area contributed by atoms with E-state index in [1.165, 1.54) is 29.3 Å². The number of piperazine rings is 1. The minimum Gasteiger partial charge on any atom is -0.489 e. The van der Waals surface area contributed by atoms with Crippen molar-refractivity contribution in [2.75, 3.05) is 80.9 Å².